The molecule has 4 heteroatoms. The molecule has 0 bridgehead atoms. The van der Waals surface area contributed by atoms with Crippen molar-refractivity contribution in [1.29, 1.82) is 0 Å². The lowest BCUT2D eigenvalue weighted by molar-refractivity contribution is 0.563. The maximum absolute atomic E-state index is 13.1. The largest absolute Gasteiger partial charge is 0.228 e. The van der Waals surface area contributed by atoms with Crippen LogP contribution in [0, 0.1) is 30.2 Å². The molecule has 2 aromatic carbocycles. The van der Waals surface area contributed by atoms with Crippen LogP contribution in [0.1, 0.15) is 20.8 Å². The van der Waals surface area contributed by atoms with E-state index in [1.165, 1.54) is 0 Å². The summed E-state index contributed by atoms with van der Waals surface area (Å²) in [7, 11) is -4.33. The molecule has 0 aromatic heterocycles. The Bertz CT molecular complexity index is 755. The first-order valence-corrected chi connectivity index (χ1v) is 11.1. The van der Waals surface area contributed by atoms with Crippen LogP contribution >= 0.6 is 7.92 Å². The SMILES string of the molecule is CC(C)(C)S(=O)(=O)[C]1[CH][CH][CH][C]1P(c1ccccc1)c1ccccc1. The molecule has 2 nitrogen and oxygen atoms in total. The van der Waals surface area contributed by atoms with Gasteiger partial charge in [0.2, 0.25) is 0 Å². The molecule has 1 saturated carbocycles. The van der Waals surface area contributed by atoms with E-state index in [0.717, 1.165) is 16.3 Å². The van der Waals surface area contributed by atoms with Gasteiger partial charge < -0.3 is 0 Å². The topological polar surface area (TPSA) is 34.1 Å². The van der Waals surface area contributed by atoms with E-state index in [9.17, 15) is 8.42 Å². The molecule has 2 aromatic rings. The van der Waals surface area contributed by atoms with Crippen LogP contribution in [-0.2, 0) is 9.84 Å². The molecule has 0 N–H and O–H groups in total. The molecule has 0 atom stereocenters. The second-order valence-corrected chi connectivity index (χ2v) is 11.8. The average molecular weight is 369 g/mol. The lowest BCUT2D eigenvalue weighted by atomic mass is 10.3. The first-order chi connectivity index (χ1) is 11.8. The fraction of sp³-hybridized carbons (Fsp3) is 0.190. The van der Waals surface area contributed by atoms with Crippen LogP contribution in [0.15, 0.2) is 60.7 Å². The molecule has 25 heavy (non-hydrogen) atoms. The van der Waals surface area contributed by atoms with Gasteiger partial charge in [0, 0.05) is 5.66 Å². The Kier molecular flexibility index (Phi) is 5.37. The second-order valence-electron chi connectivity index (χ2n) is 6.90. The summed E-state index contributed by atoms with van der Waals surface area (Å²) in [5.74, 6) is 0. The molecule has 0 spiro atoms. The lowest BCUT2D eigenvalue weighted by Gasteiger charge is -2.32. The Morgan fingerprint density at radius 3 is 1.68 bits per heavy atom. The van der Waals surface area contributed by atoms with Gasteiger partial charge in [0.25, 0.3) is 0 Å². The lowest BCUT2D eigenvalue weighted by Crippen LogP contribution is -2.35. The monoisotopic (exact) mass is 369 g/mol. The number of sulfone groups is 1. The Morgan fingerprint density at radius 2 is 1.24 bits per heavy atom. The summed E-state index contributed by atoms with van der Waals surface area (Å²) < 4.78 is 25.4. The van der Waals surface area contributed by atoms with Crippen molar-refractivity contribution in [3.8, 4) is 0 Å². The minimum atomic E-state index is -3.41. The Labute approximate surface area is 153 Å². The second kappa shape index (κ2) is 7.21. The predicted octanol–water partition coefficient (Wildman–Crippen LogP) is 4.02. The summed E-state index contributed by atoms with van der Waals surface area (Å²) >= 11 is 0. The highest BCUT2D eigenvalue weighted by Gasteiger charge is 2.48. The normalized spacial score (nSPS) is 17.3. The van der Waals surface area contributed by atoms with E-state index in [1.54, 1.807) is 27.2 Å². The predicted molar refractivity (Wildman–Crippen MR) is 107 cm³/mol. The van der Waals surface area contributed by atoms with Gasteiger partial charge in [-0.05, 0) is 58.6 Å². The summed E-state index contributed by atoms with van der Waals surface area (Å²) in [6.07, 6.45) is 5.57. The van der Waals surface area contributed by atoms with Crippen LogP contribution in [0.4, 0.5) is 0 Å². The van der Waals surface area contributed by atoms with Crippen molar-refractivity contribution in [2.75, 3.05) is 0 Å². The highest BCUT2D eigenvalue weighted by molar-refractivity contribution is 7.97. The van der Waals surface area contributed by atoms with Crippen LogP contribution in [-0.4, -0.2) is 13.2 Å². The summed E-state index contributed by atoms with van der Waals surface area (Å²) in [6, 6.07) is 20.3. The third kappa shape index (κ3) is 3.68. The average Bonchev–Trinajstić information content (AvgIpc) is 3.06. The first-order valence-electron chi connectivity index (χ1n) is 8.23. The van der Waals surface area contributed by atoms with Crippen LogP contribution in [0.3, 0.4) is 0 Å². The molecule has 0 aliphatic heterocycles. The van der Waals surface area contributed by atoms with Crippen LogP contribution < -0.4 is 10.6 Å². The standard InChI is InChI=1S/C21H22O2PS/c1-21(2,3)25(22,23)20-16-10-15-19(20)24(17-11-6-4-7-12-17)18-13-8-5-9-14-18/h4-16H,1-3H3. The fourth-order valence-corrected chi connectivity index (χ4v) is 6.94. The molecule has 0 heterocycles. The zero-order valence-electron chi connectivity index (χ0n) is 14.7. The fourth-order valence-electron chi connectivity index (χ4n) is 2.72. The Balaban J connectivity index is 2.07. The minimum absolute atomic E-state index is 0.457. The molecule has 1 aliphatic rings. The minimum Gasteiger partial charge on any atom is -0.228 e. The van der Waals surface area contributed by atoms with E-state index in [4.69, 9.17) is 0 Å². The molecule has 0 unspecified atom stereocenters. The molecule has 0 amide bonds. The van der Waals surface area contributed by atoms with Crippen molar-refractivity contribution in [2.45, 2.75) is 25.5 Å². The van der Waals surface area contributed by atoms with Gasteiger partial charge in [-0.15, -0.1) is 0 Å². The van der Waals surface area contributed by atoms with Crippen molar-refractivity contribution in [3.05, 3.63) is 90.8 Å². The third-order valence-corrected chi connectivity index (χ3v) is 9.32. The van der Waals surface area contributed by atoms with Crippen molar-refractivity contribution in [3.63, 3.8) is 0 Å². The van der Waals surface area contributed by atoms with E-state index >= 15 is 0 Å². The van der Waals surface area contributed by atoms with E-state index in [0.29, 0.717) is 5.25 Å². The first kappa shape index (κ1) is 18.6. The van der Waals surface area contributed by atoms with Crippen molar-refractivity contribution < 1.29 is 8.42 Å². The molecule has 0 saturated heterocycles. The van der Waals surface area contributed by atoms with Crippen LogP contribution in [0.5, 0.6) is 0 Å². The zero-order valence-corrected chi connectivity index (χ0v) is 16.4. The molecule has 1 fully saturated rings. The molecule has 5 radical (unpaired) electrons. The van der Waals surface area contributed by atoms with Crippen molar-refractivity contribution in [1.82, 2.24) is 0 Å². The van der Waals surface area contributed by atoms with Crippen LogP contribution in [0.25, 0.3) is 0 Å². The summed E-state index contributed by atoms with van der Waals surface area (Å²) in [5, 5.41) is 2.76. The van der Waals surface area contributed by atoms with Crippen molar-refractivity contribution >= 4 is 28.4 Å². The number of hydrogen-bond acceptors (Lipinski definition) is 2. The van der Waals surface area contributed by atoms with Crippen LogP contribution in [0.2, 0.25) is 0 Å². The smallest absolute Gasteiger partial charge is 0.163 e. The van der Waals surface area contributed by atoms with Gasteiger partial charge in [0.15, 0.2) is 9.84 Å². The van der Waals surface area contributed by atoms with E-state index in [-0.39, 0.29) is 0 Å². The number of rotatable bonds is 4. The number of hydrogen-bond donors (Lipinski definition) is 0. The Hall–Kier alpha value is -1.18. The number of benzene rings is 2. The molecule has 129 valence electrons. The van der Waals surface area contributed by atoms with E-state index < -0.39 is 22.5 Å². The van der Waals surface area contributed by atoms with Gasteiger partial charge in [-0.3, -0.25) is 0 Å². The third-order valence-electron chi connectivity index (χ3n) is 4.12. The molecule has 3 rings (SSSR count). The quantitative estimate of drug-likeness (QED) is 0.763. The van der Waals surface area contributed by atoms with Gasteiger partial charge in [-0.2, -0.15) is 0 Å². The summed E-state index contributed by atoms with van der Waals surface area (Å²) in [6.45, 7) is 5.27. The molecule has 1 aliphatic carbocycles. The maximum atomic E-state index is 13.1. The van der Waals surface area contributed by atoms with E-state index in [1.807, 2.05) is 49.2 Å². The zero-order chi connectivity index (χ0) is 18.1. The van der Waals surface area contributed by atoms with Gasteiger partial charge in [0.1, 0.15) is 5.25 Å². The molecular formula is C21H22O2PS. The van der Waals surface area contributed by atoms with Gasteiger partial charge >= 0.3 is 0 Å². The Morgan fingerprint density at radius 1 is 0.760 bits per heavy atom. The van der Waals surface area contributed by atoms with Crippen molar-refractivity contribution in [2.24, 2.45) is 0 Å². The highest BCUT2D eigenvalue weighted by atomic mass is 32.2. The van der Waals surface area contributed by atoms with Gasteiger partial charge in [-0.1, -0.05) is 60.7 Å². The summed E-state index contributed by atoms with van der Waals surface area (Å²) in [4.78, 5) is 0. The van der Waals surface area contributed by atoms with Gasteiger partial charge in [-0.25, -0.2) is 8.42 Å². The summed E-state index contributed by atoms with van der Waals surface area (Å²) in [5.41, 5.74) is 0.905. The van der Waals surface area contributed by atoms with E-state index in [2.05, 4.69) is 24.3 Å². The highest BCUT2D eigenvalue weighted by Crippen LogP contribution is 2.58. The molecular weight excluding hydrogens is 347 g/mol. The van der Waals surface area contributed by atoms with Gasteiger partial charge in [0.05, 0.1) is 4.75 Å². The maximum Gasteiger partial charge on any atom is 0.163 e.